The Bertz CT molecular complexity index is 1370. The highest BCUT2D eigenvalue weighted by Gasteiger charge is 2.47. The molecule has 3 aromatic rings. The van der Waals surface area contributed by atoms with E-state index in [9.17, 15) is 14.3 Å². The third-order valence-electron chi connectivity index (χ3n) is 7.81. The standard InChI is InChI=1S/C30H36FN5O3/c1-6-36-30(5,21-13-11-20(12-14-21)23-9-7-8-10-24(23)31)32-28(33-36)25-16-22(37)17-35(25)29(38)27(18(2)3)26-15-19(4)34-39-26/h7-15,18,22,25,27,37H,6,16-17H2,1-5H3,(H,32,33)/t22-,25?,27?,30-/m1/s1. The molecule has 2 aliphatic rings. The molecule has 3 heterocycles. The highest BCUT2D eigenvalue weighted by atomic mass is 19.1. The van der Waals surface area contributed by atoms with Gasteiger partial charge in [-0.15, -0.1) is 0 Å². The number of nitrogens with zero attached hydrogens (tertiary/aromatic N) is 4. The maximum Gasteiger partial charge on any atom is 0.234 e. The predicted molar refractivity (Wildman–Crippen MR) is 147 cm³/mol. The number of β-amino-alcohol motifs (C(OH)–C–C–N with tert-alkyl or cyclic N) is 1. The van der Waals surface area contributed by atoms with Crippen molar-refractivity contribution in [3.05, 3.63) is 77.4 Å². The monoisotopic (exact) mass is 533 g/mol. The molecule has 8 nitrogen and oxygen atoms in total. The molecular formula is C30H36FN5O3. The first-order valence-electron chi connectivity index (χ1n) is 13.5. The van der Waals surface area contributed by atoms with Crippen molar-refractivity contribution in [1.29, 1.82) is 0 Å². The summed E-state index contributed by atoms with van der Waals surface area (Å²) in [5.41, 5.74) is 5.66. The summed E-state index contributed by atoms with van der Waals surface area (Å²) in [6.07, 6.45) is -0.271. The van der Waals surface area contributed by atoms with Crippen LogP contribution in [0.5, 0.6) is 0 Å². The van der Waals surface area contributed by atoms with Crippen LogP contribution in [0.2, 0.25) is 0 Å². The van der Waals surface area contributed by atoms with Gasteiger partial charge >= 0.3 is 0 Å². The average Bonchev–Trinajstić information content (AvgIpc) is 3.61. The Kier molecular flexibility index (Phi) is 7.31. The summed E-state index contributed by atoms with van der Waals surface area (Å²) in [5.74, 6) is 0.257. The fourth-order valence-electron chi connectivity index (χ4n) is 5.74. The summed E-state index contributed by atoms with van der Waals surface area (Å²) in [6, 6.07) is 15.8. The minimum Gasteiger partial charge on any atom is -0.391 e. The fraction of sp³-hybridized carbons (Fsp3) is 0.433. The molecule has 1 aromatic heterocycles. The summed E-state index contributed by atoms with van der Waals surface area (Å²) in [4.78, 5) is 20.7. The van der Waals surface area contributed by atoms with Crippen LogP contribution in [0.4, 0.5) is 4.39 Å². The quantitative estimate of drug-likeness (QED) is 0.461. The van der Waals surface area contributed by atoms with E-state index in [1.54, 1.807) is 23.1 Å². The van der Waals surface area contributed by atoms with Gasteiger partial charge in [-0.3, -0.25) is 4.79 Å². The first-order chi connectivity index (χ1) is 18.6. The topological polar surface area (TPSA) is 94.2 Å². The second kappa shape index (κ2) is 10.5. The number of aliphatic hydroxyl groups is 1. The summed E-state index contributed by atoms with van der Waals surface area (Å²) in [6.45, 7) is 10.7. The van der Waals surface area contributed by atoms with Crippen LogP contribution < -0.4 is 5.43 Å². The Morgan fingerprint density at radius 3 is 2.56 bits per heavy atom. The maximum absolute atomic E-state index is 14.3. The van der Waals surface area contributed by atoms with E-state index in [0.29, 0.717) is 30.1 Å². The zero-order valence-electron chi connectivity index (χ0n) is 23.1. The van der Waals surface area contributed by atoms with Gasteiger partial charge in [0.05, 0.1) is 17.8 Å². The van der Waals surface area contributed by atoms with Crippen LogP contribution >= 0.6 is 0 Å². The lowest BCUT2D eigenvalue weighted by molar-refractivity contribution is -0.134. The Morgan fingerprint density at radius 1 is 1.23 bits per heavy atom. The lowest BCUT2D eigenvalue weighted by Crippen LogP contribution is -2.51. The van der Waals surface area contributed by atoms with E-state index in [2.05, 4.69) is 10.6 Å². The third-order valence-corrected chi connectivity index (χ3v) is 7.81. The molecule has 39 heavy (non-hydrogen) atoms. The highest BCUT2D eigenvalue weighted by Crippen LogP contribution is 2.37. The fourth-order valence-corrected chi connectivity index (χ4v) is 5.74. The maximum atomic E-state index is 14.3. The Balaban J connectivity index is 1.45. The largest absolute Gasteiger partial charge is 0.391 e. The number of nitrogens with one attached hydrogen (secondary N) is 1. The van der Waals surface area contributed by atoms with Gasteiger partial charge in [-0.25, -0.2) is 9.38 Å². The Hall–Kier alpha value is -3.56. The van der Waals surface area contributed by atoms with Crippen molar-refractivity contribution >= 4 is 11.7 Å². The lowest BCUT2D eigenvalue weighted by Gasteiger charge is -2.32. The number of hydrogen-bond acceptors (Lipinski definition) is 7. The van der Waals surface area contributed by atoms with E-state index in [1.165, 1.54) is 6.07 Å². The van der Waals surface area contributed by atoms with Crippen molar-refractivity contribution in [3.8, 4) is 11.1 Å². The number of aromatic nitrogens is 1. The van der Waals surface area contributed by atoms with Crippen LogP contribution in [0, 0.1) is 18.7 Å². The van der Waals surface area contributed by atoms with Crippen LogP contribution in [-0.2, 0) is 10.5 Å². The number of halogens is 1. The number of aliphatic hydroxyl groups excluding tert-OH is 1. The van der Waals surface area contributed by atoms with Crippen molar-refractivity contribution in [2.45, 2.75) is 64.8 Å². The number of rotatable bonds is 7. The van der Waals surface area contributed by atoms with Crippen molar-refractivity contribution in [1.82, 2.24) is 20.5 Å². The number of aryl methyl sites for hydroxylation is 1. The van der Waals surface area contributed by atoms with E-state index in [0.717, 1.165) is 16.8 Å². The number of carbonyl (C=O) groups excluding carboxylic acids is 1. The molecule has 0 spiro atoms. The molecule has 4 atom stereocenters. The summed E-state index contributed by atoms with van der Waals surface area (Å²) in [7, 11) is 0. The Labute approximate surface area is 228 Å². The second-order valence-corrected chi connectivity index (χ2v) is 10.9. The molecule has 1 saturated heterocycles. The van der Waals surface area contributed by atoms with Gasteiger partial charge in [0.2, 0.25) is 5.91 Å². The molecule has 0 saturated carbocycles. The first-order valence-corrected chi connectivity index (χ1v) is 13.5. The zero-order chi connectivity index (χ0) is 27.9. The number of carbonyl (C=O) groups is 1. The van der Waals surface area contributed by atoms with Crippen molar-refractivity contribution < 1.29 is 18.8 Å². The minimum atomic E-state index is -0.750. The van der Waals surface area contributed by atoms with Gasteiger partial charge in [0, 0.05) is 31.1 Å². The molecule has 0 bridgehead atoms. The molecule has 1 amide bonds. The van der Waals surface area contributed by atoms with Crippen LogP contribution in [0.1, 0.15) is 57.1 Å². The summed E-state index contributed by atoms with van der Waals surface area (Å²) >= 11 is 0. The number of amidine groups is 1. The van der Waals surface area contributed by atoms with Gasteiger partial charge < -0.3 is 20.0 Å². The van der Waals surface area contributed by atoms with E-state index in [-0.39, 0.29) is 24.2 Å². The third kappa shape index (κ3) is 4.96. The van der Waals surface area contributed by atoms with Crippen molar-refractivity contribution in [3.63, 3.8) is 0 Å². The molecule has 2 aromatic carbocycles. The van der Waals surface area contributed by atoms with Crippen LogP contribution in [0.25, 0.3) is 11.1 Å². The molecule has 2 aliphatic heterocycles. The summed E-state index contributed by atoms with van der Waals surface area (Å²) in [5, 5.41) is 16.7. The number of benzene rings is 2. The van der Waals surface area contributed by atoms with Gasteiger partial charge in [-0.1, -0.05) is 68.4 Å². The van der Waals surface area contributed by atoms with Gasteiger partial charge in [0.25, 0.3) is 0 Å². The van der Waals surface area contributed by atoms with Gasteiger partial charge in [0.1, 0.15) is 23.3 Å². The minimum absolute atomic E-state index is 0.0212. The summed E-state index contributed by atoms with van der Waals surface area (Å²) < 4.78 is 19.8. The van der Waals surface area contributed by atoms with Crippen LogP contribution in [0.3, 0.4) is 0 Å². The van der Waals surface area contributed by atoms with Gasteiger partial charge in [-0.05, 0) is 37.0 Å². The molecule has 1 fully saturated rings. The SMILES string of the molecule is CCN1NC(C2C[C@@H](O)CN2C(=O)C(c2cc(C)no2)C(C)C)=N[C@@]1(C)c1ccc(-c2ccccc2F)cc1. The molecular weight excluding hydrogens is 497 g/mol. The molecule has 206 valence electrons. The van der Waals surface area contributed by atoms with Crippen molar-refractivity contribution in [2.24, 2.45) is 10.9 Å². The van der Waals surface area contributed by atoms with Crippen LogP contribution in [0.15, 0.2) is 64.1 Å². The molecule has 0 radical (unpaired) electrons. The molecule has 2 unspecified atom stereocenters. The zero-order valence-corrected chi connectivity index (χ0v) is 23.1. The van der Waals surface area contributed by atoms with E-state index in [4.69, 9.17) is 9.52 Å². The Morgan fingerprint density at radius 2 is 1.95 bits per heavy atom. The highest BCUT2D eigenvalue weighted by molar-refractivity contribution is 5.95. The predicted octanol–water partition coefficient (Wildman–Crippen LogP) is 4.60. The van der Waals surface area contributed by atoms with Crippen LogP contribution in [-0.4, -0.2) is 57.2 Å². The lowest BCUT2D eigenvalue weighted by atomic mass is 9.91. The molecule has 0 aliphatic carbocycles. The average molecular weight is 534 g/mol. The van der Waals surface area contributed by atoms with E-state index >= 15 is 0 Å². The number of likely N-dealkylation sites (tertiary alicyclic amines) is 1. The molecule has 9 heteroatoms. The smallest absolute Gasteiger partial charge is 0.234 e. The number of hydrogen-bond donors (Lipinski definition) is 2. The molecule has 2 N–H and O–H groups in total. The second-order valence-electron chi connectivity index (χ2n) is 10.9. The van der Waals surface area contributed by atoms with E-state index < -0.39 is 23.7 Å². The van der Waals surface area contributed by atoms with Gasteiger partial charge in [0.15, 0.2) is 5.66 Å². The normalized spacial score (nSPS) is 24.2. The molecule has 5 rings (SSSR count). The first kappa shape index (κ1) is 27.0. The van der Waals surface area contributed by atoms with Crippen molar-refractivity contribution in [2.75, 3.05) is 13.1 Å². The van der Waals surface area contributed by atoms with Gasteiger partial charge in [-0.2, -0.15) is 5.01 Å². The number of aliphatic imine (C=N–C) groups is 1. The number of hydrazine groups is 1. The van der Waals surface area contributed by atoms with E-state index in [1.807, 2.05) is 70.0 Å². The number of amides is 1.